The molecule has 3 nitrogen and oxygen atoms in total. The molecule has 1 N–H and O–H groups in total. The molecule has 0 heterocycles. The molecule has 90 valence electrons. The third-order valence-corrected chi connectivity index (χ3v) is 2.32. The summed E-state index contributed by atoms with van der Waals surface area (Å²) >= 11 is 0. The second kappa shape index (κ2) is 6.00. The Kier molecular flexibility index (Phi) is 4.65. The van der Waals surface area contributed by atoms with Crippen LogP contribution in [0.2, 0.25) is 0 Å². The Hall–Kier alpha value is -1.89. The van der Waals surface area contributed by atoms with Gasteiger partial charge in [-0.25, -0.2) is 4.39 Å². The number of amides is 1. The lowest BCUT2D eigenvalue weighted by molar-refractivity contribution is -0.116. The van der Waals surface area contributed by atoms with Crippen LogP contribution in [-0.4, -0.2) is 5.91 Å². The van der Waals surface area contributed by atoms with Gasteiger partial charge in [0.25, 0.3) is 0 Å². The first-order valence-electron chi connectivity index (χ1n) is 5.52. The molecule has 0 saturated heterocycles. The lowest BCUT2D eigenvalue weighted by Crippen LogP contribution is -2.12. The van der Waals surface area contributed by atoms with Gasteiger partial charge in [-0.2, -0.15) is 5.26 Å². The zero-order valence-electron chi connectivity index (χ0n) is 9.96. The molecule has 17 heavy (non-hydrogen) atoms. The minimum absolute atomic E-state index is 0.0633. The SMILES string of the molecule is CC(C)CCC(=O)Nc1ccc(F)c(C#N)c1. The smallest absolute Gasteiger partial charge is 0.224 e. The maximum absolute atomic E-state index is 13.0. The molecule has 4 heteroatoms. The van der Waals surface area contributed by atoms with Gasteiger partial charge in [0, 0.05) is 12.1 Å². The van der Waals surface area contributed by atoms with Gasteiger partial charge in [-0.05, 0) is 30.5 Å². The number of nitrogens with one attached hydrogen (secondary N) is 1. The Morgan fingerprint density at radius 2 is 2.24 bits per heavy atom. The van der Waals surface area contributed by atoms with E-state index in [1.54, 1.807) is 6.07 Å². The normalized spacial score (nSPS) is 10.1. The molecule has 0 atom stereocenters. The molecule has 0 aliphatic rings. The van der Waals surface area contributed by atoms with E-state index in [0.29, 0.717) is 18.0 Å². The average molecular weight is 234 g/mol. The Bertz CT molecular complexity index is 449. The number of anilines is 1. The average Bonchev–Trinajstić information content (AvgIpc) is 2.29. The van der Waals surface area contributed by atoms with Gasteiger partial charge in [-0.1, -0.05) is 13.8 Å². The summed E-state index contributed by atoms with van der Waals surface area (Å²) in [4.78, 5) is 11.5. The third kappa shape index (κ3) is 4.23. The van der Waals surface area contributed by atoms with E-state index in [0.717, 1.165) is 6.42 Å². The van der Waals surface area contributed by atoms with E-state index < -0.39 is 5.82 Å². The standard InChI is InChI=1S/C13H15FN2O/c1-9(2)3-6-13(17)16-11-4-5-12(14)10(7-11)8-15/h4-5,7,9H,3,6H2,1-2H3,(H,16,17). The fraction of sp³-hybridized carbons (Fsp3) is 0.385. The largest absolute Gasteiger partial charge is 0.326 e. The number of halogens is 1. The zero-order valence-corrected chi connectivity index (χ0v) is 9.96. The van der Waals surface area contributed by atoms with E-state index >= 15 is 0 Å². The highest BCUT2D eigenvalue weighted by atomic mass is 19.1. The molecule has 1 aromatic carbocycles. The summed E-state index contributed by atoms with van der Waals surface area (Å²) in [6.07, 6.45) is 1.23. The van der Waals surface area contributed by atoms with Crippen molar-refractivity contribution >= 4 is 11.6 Å². The van der Waals surface area contributed by atoms with Crippen molar-refractivity contribution in [1.82, 2.24) is 0 Å². The summed E-state index contributed by atoms with van der Waals surface area (Å²) in [7, 11) is 0. The van der Waals surface area contributed by atoms with Crippen LogP contribution in [0.5, 0.6) is 0 Å². The van der Waals surface area contributed by atoms with Crippen molar-refractivity contribution in [2.45, 2.75) is 26.7 Å². The summed E-state index contributed by atoms with van der Waals surface area (Å²) in [5.41, 5.74) is 0.392. The van der Waals surface area contributed by atoms with E-state index in [4.69, 9.17) is 5.26 Å². The van der Waals surface area contributed by atoms with Gasteiger partial charge in [0.1, 0.15) is 11.9 Å². The predicted octanol–water partition coefficient (Wildman–Crippen LogP) is 3.07. The lowest BCUT2D eigenvalue weighted by Gasteiger charge is -2.07. The number of hydrogen-bond donors (Lipinski definition) is 1. The molecule has 0 aliphatic carbocycles. The van der Waals surface area contributed by atoms with E-state index in [1.807, 2.05) is 13.8 Å². The van der Waals surface area contributed by atoms with Crippen LogP contribution in [0.3, 0.4) is 0 Å². The van der Waals surface area contributed by atoms with Gasteiger partial charge in [0.2, 0.25) is 5.91 Å². The molecular formula is C13H15FN2O. The Morgan fingerprint density at radius 1 is 1.53 bits per heavy atom. The Morgan fingerprint density at radius 3 is 2.82 bits per heavy atom. The fourth-order valence-corrected chi connectivity index (χ4v) is 1.33. The van der Waals surface area contributed by atoms with Crippen molar-refractivity contribution < 1.29 is 9.18 Å². The molecule has 0 bridgehead atoms. The molecule has 0 spiro atoms. The summed E-state index contributed by atoms with van der Waals surface area (Å²) in [5.74, 6) is -0.231. The molecule has 0 unspecified atom stereocenters. The molecule has 0 saturated carbocycles. The van der Waals surface area contributed by atoms with Gasteiger partial charge in [-0.3, -0.25) is 4.79 Å². The van der Waals surface area contributed by atoms with Gasteiger partial charge >= 0.3 is 0 Å². The Balaban J connectivity index is 2.63. The van der Waals surface area contributed by atoms with Crippen molar-refractivity contribution in [1.29, 1.82) is 5.26 Å². The van der Waals surface area contributed by atoms with Crippen LogP contribution in [0.15, 0.2) is 18.2 Å². The quantitative estimate of drug-likeness (QED) is 0.870. The van der Waals surface area contributed by atoms with Crippen molar-refractivity contribution in [2.24, 2.45) is 5.92 Å². The molecule has 1 amide bonds. The summed E-state index contributed by atoms with van der Waals surface area (Å²) in [6.45, 7) is 4.08. The number of carbonyl (C=O) groups is 1. The molecular weight excluding hydrogens is 219 g/mol. The Labute approximate surface area is 100 Å². The fourth-order valence-electron chi connectivity index (χ4n) is 1.33. The highest BCUT2D eigenvalue weighted by molar-refractivity contribution is 5.90. The molecule has 1 rings (SSSR count). The minimum atomic E-state index is -0.576. The van der Waals surface area contributed by atoms with Crippen molar-refractivity contribution in [3.63, 3.8) is 0 Å². The van der Waals surface area contributed by atoms with E-state index in [2.05, 4.69) is 5.32 Å². The van der Waals surface area contributed by atoms with Crippen LogP contribution < -0.4 is 5.32 Å². The van der Waals surface area contributed by atoms with Gasteiger partial charge < -0.3 is 5.32 Å². The molecule has 1 aromatic rings. The first-order valence-corrected chi connectivity index (χ1v) is 5.52. The van der Waals surface area contributed by atoms with Crippen LogP contribution in [0, 0.1) is 23.1 Å². The summed E-state index contributed by atoms with van der Waals surface area (Å²) < 4.78 is 13.0. The van der Waals surface area contributed by atoms with Crippen molar-refractivity contribution in [2.75, 3.05) is 5.32 Å². The maximum Gasteiger partial charge on any atom is 0.224 e. The molecule has 0 aromatic heterocycles. The first kappa shape index (κ1) is 13.2. The highest BCUT2D eigenvalue weighted by Crippen LogP contribution is 2.14. The van der Waals surface area contributed by atoms with Crippen molar-refractivity contribution in [3.8, 4) is 6.07 Å². The molecule has 0 aliphatic heterocycles. The van der Waals surface area contributed by atoms with E-state index in [9.17, 15) is 9.18 Å². The van der Waals surface area contributed by atoms with Crippen LogP contribution >= 0.6 is 0 Å². The minimum Gasteiger partial charge on any atom is -0.326 e. The maximum atomic E-state index is 13.0. The van der Waals surface area contributed by atoms with Crippen LogP contribution in [0.25, 0.3) is 0 Å². The topological polar surface area (TPSA) is 52.9 Å². The second-order valence-electron chi connectivity index (χ2n) is 4.29. The first-order chi connectivity index (χ1) is 8.02. The summed E-state index contributed by atoms with van der Waals surface area (Å²) in [5, 5.41) is 11.3. The zero-order chi connectivity index (χ0) is 12.8. The van der Waals surface area contributed by atoms with Gasteiger partial charge in [-0.15, -0.1) is 0 Å². The molecule has 0 radical (unpaired) electrons. The van der Waals surface area contributed by atoms with Crippen molar-refractivity contribution in [3.05, 3.63) is 29.6 Å². The van der Waals surface area contributed by atoms with Crippen LogP contribution in [-0.2, 0) is 4.79 Å². The predicted molar refractivity (Wildman–Crippen MR) is 63.8 cm³/mol. The van der Waals surface area contributed by atoms with Crippen LogP contribution in [0.4, 0.5) is 10.1 Å². The number of nitrogens with zero attached hydrogens (tertiary/aromatic N) is 1. The number of hydrogen-bond acceptors (Lipinski definition) is 2. The lowest BCUT2D eigenvalue weighted by atomic mass is 10.1. The number of benzene rings is 1. The molecule has 0 fully saturated rings. The highest BCUT2D eigenvalue weighted by Gasteiger charge is 2.06. The number of nitriles is 1. The van der Waals surface area contributed by atoms with Crippen LogP contribution in [0.1, 0.15) is 32.3 Å². The summed E-state index contributed by atoms with van der Waals surface area (Å²) in [6, 6.07) is 5.69. The van der Waals surface area contributed by atoms with Gasteiger partial charge in [0.15, 0.2) is 0 Å². The van der Waals surface area contributed by atoms with Gasteiger partial charge in [0.05, 0.1) is 5.56 Å². The number of carbonyl (C=O) groups excluding carboxylic acids is 1. The van der Waals surface area contributed by atoms with E-state index in [1.165, 1.54) is 18.2 Å². The van der Waals surface area contributed by atoms with E-state index in [-0.39, 0.29) is 11.5 Å². The monoisotopic (exact) mass is 234 g/mol. The number of rotatable bonds is 4. The second-order valence-corrected chi connectivity index (χ2v) is 4.29. The third-order valence-electron chi connectivity index (χ3n) is 2.32.